The van der Waals surface area contributed by atoms with Crippen molar-refractivity contribution in [2.75, 3.05) is 18.6 Å². The third-order valence-corrected chi connectivity index (χ3v) is 6.75. The number of imide groups is 1. The Morgan fingerprint density at radius 1 is 1.00 bits per heavy atom. The van der Waals surface area contributed by atoms with Gasteiger partial charge in [-0.2, -0.15) is 0 Å². The zero-order chi connectivity index (χ0) is 24.9. The molecular weight excluding hydrogens is 490 g/mol. The molecule has 9 heteroatoms. The zero-order valence-electron chi connectivity index (χ0n) is 18.6. The number of anilines is 1. The largest absolute Gasteiger partial charge is 0.496 e. The lowest BCUT2D eigenvalue weighted by atomic mass is 10.1. The molecule has 0 saturated carbocycles. The number of esters is 1. The number of carbonyl (C=O) groups excluding carboxylic acids is 4. The van der Waals surface area contributed by atoms with Crippen LogP contribution in [0.25, 0.3) is 0 Å². The molecule has 1 saturated heterocycles. The van der Waals surface area contributed by atoms with Crippen LogP contribution in [0.4, 0.5) is 5.69 Å². The van der Waals surface area contributed by atoms with Crippen molar-refractivity contribution in [1.29, 1.82) is 0 Å². The van der Waals surface area contributed by atoms with Crippen LogP contribution in [0.2, 0.25) is 5.02 Å². The number of para-hydroxylation sites is 1. The molecule has 1 aliphatic rings. The van der Waals surface area contributed by atoms with Crippen molar-refractivity contribution in [3.63, 3.8) is 0 Å². The van der Waals surface area contributed by atoms with E-state index in [0.29, 0.717) is 22.0 Å². The highest BCUT2D eigenvalue weighted by Crippen LogP contribution is 2.34. The number of nitrogens with zero attached hydrogens (tertiary/aromatic N) is 1. The minimum absolute atomic E-state index is 0.0704. The standard InChI is InChI=1S/C26H20ClNO6S/c1-33-22-5-3-2-4-20(22)21(29)15-34-26(32)16-6-10-18(11-7-16)28-24(30)14-23(25(28)31)35-19-12-8-17(27)9-13-19/h2-13,23H,14-15H2,1H3. The fourth-order valence-electron chi connectivity index (χ4n) is 3.56. The number of Topliss-reactive ketones (excluding diaryl/α,β-unsaturated/α-hetero) is 1. The molecule has 178 valence electrons. The van der Waals surface area contributed by atoms with Crippen molar-refractivity contribution in [3.8, 4) is 5.75 Å². The molecule has 0 N–H and O–H groups in total. The molecule has 1 unspecified atom stereocenters. The Balaban J connectivity index is 1.38. The van der Waals surface area contributed by atoms with Crippen molar-refractivity contribution in [2.45, 2.75) is 16.6 Å². The Morgan fingerprint density at radius 3 is 2.37 bits per heavy atom. The lowest BCUT2D eigenvalue weighted by Crippen LogP contribution is -2.31. The van der Waals surface area contributed by atoms with E-state index in [2.05, 4.69) is 0 Å². The summed E-state index contributed by atoms with van der Waals surface area (Å²) in [6, 6.07) is 19.6. The molecule has 0 radical (unpaired) electrons. The van der Waals surface area contributed by atoms with Gasteiger partial charge in [-0.25, -0.2) is 9.69 Å². The minimum Gasteiger partial charge on any atom is -0.496 e. The third kappa shape index (κ3) is 5.55. The summed E-state index contributed by atoms with van der Waals surface area (Å²) >= 11 is 7.20. The van der Waals surface area contributed by atoms with E-state index in [9.17, 15) is 19.2 Å². The molecule has 1 atom stereocenters. The molecule has 3 aromatic carbocycles. The Labute approximate surface area is 211 Å². The fourth-order valence-corrected chi connectivity index (χ4v) is 4.74. The molecule has 1 aliphatic heterocycles. The normalized spacial score (nSPS) is 15.3. The number of amides is 2. The Bertz CT molecular complexity index is 1280. The molecule has 0 aliphatic carbocycles. The van der Waals surface area contributed by atoms with Crippen LogP contribution in [-0.4, -0.2) is 42.5 Å². The van der Waals surface area contributed by atoms with Crippen molar-refractivity contribution in [3.05, 3.63) is 88.9 Å². The van der Waals surface area contributed by atoms with Gasteiger partial charge in [0.15, 0.2) is 6.61 Å². The molecular formula is C26H20ClNO6S. The van der Waals surface area contributed by atoms with Crippen LogP contribution in [0.1, 0.15) is 27.1 Å². The maximum absolute atomic E-state index is 12.9. The first-order valence-corrected chi connectivity index (χ1v) is 11.9. The Kier molecular flexibility index (Phi) is 7.53. The summed E-state index contributed by atoms with van der Waals surface area (Å²) in [6.07, 6.45) is 0.0704. The first kappa shape index (κ1) is 24.5. The topological polar surface area (TPSA) is 90.0 Å². The van der Waals surface area contributed by atoms with Gasteiger partial charge in [-0.3, -0.25) is 14.4 Å². The minimum atomic E-state index is -0.699. The highest BCUT2D eigenvalue weighted by molar-refractivity contribution is 8.00. The van der Waals surface area contributed by atoms with Crippen molar-refractivity contribution < 1.29 is 28.7 Å². The van der Waals surface area contributed by atoms with Gasteiger partial charge in [-0.05, 0) is 60.7 Å². The van der Waals surface area contributed by atoms with E-state index in [4.69, 9.17) is 21.1 Å². The second-order valence-corrected chi connectivity index (χ2v) is 9.29. The van der Waals surface area contributed by atoms with Gasteiger partial charge in [-0.1, -0.05) is 23.7 Å². The van der Waals surface area contributed by atoms with Crippen LogP contribution >= 0.6 is 23.4 Å². The molecule has 0 aromatic heterocycles. The van der Waals surface area contributed by atoms with Crippen LogP contribution in [-0.2, 0) is 14.3 Å². The average molecular weight is 510 g/mol. The molecule has 35 heavy (non-hydrogen) atoms. The van der Waals surface area contributed by atoms with Crippen molar-refractivity contribution in [1.82, 2.24) is 0 Å². The number of rotatable bonds is 8. The SMILES string of the molecule is COc1ccccc1C(=O)COC(=O)c1ccc(N2C(=O)CC(Sc3ccc(Cl)cc3)C2=O)cc1. The number of benzene rings is 3. The summed E-state index contributed by atoms with van der Waals surface area (Å²) in [5, 5.41) is 0.0434. The molecule has 1 heterocycles. The first-order chi connectivity index (χ1) is 16.9. The van der Waals surface area contributed by atoms with E-state index in [1.807, 2.05) is 0 Å². The van der Waals surface area contributed by atoms with Gasteiger partial charge in [-0.15, -0.1) is 11.8 Å². The van der Waals surface area contributed by atoms with E-state index in [1.54, 1.807) is 48.5 Å². The number of carbonyl (C=O) groups is 4. The number of hydrogen-bond donors (Lipinski definition) is 0. The predicted molar refractivity (Wildman–Crippen MR) is 132 cm³/mol. The van der Waals surface area contributed by atoms with E-state index in [1.165, 1.54) is 43.1 Å². The summed E-state index contributed by atoms with van der Waals surface area (Å²) in [4.78, 5) is 52.2. The van der Waals surface area contributed by atoms with E-state index in [0.717, 1.165) is 9.80 Å². The van der Waals surface area contributed by atoms with Crippen LogP contribution in [0.3, 0.4) is 0 Å². The lowest BCUT2D eigenvalue weighted by Gasteiger charge is -2.15. The van der Waals surface area contributed by atoms with Crippen molar-refractivity contribution in [2.24, 2.45) is 0 Å². The maximum Gasteiger partial charge on any atom is 0.338 e. The van der Waals surface area contributed by atoms with Crippen LogP contribution in [0, 0.1) is 0 Å². The summed E-state index contributed by atoms with van der Waals surface area (Å²) in [5.74, 6) is -1.35. The van der Waals surface area contributed by atoms with Crippen LogP contribution in [0.15, 0.2) is 77.7 Å². The summed E-state index contributed by atoms with van der Waals surface area (Å²) in [6.45, 7) is -0.451. The third-order valence-electron chi connectivity index (χ3n) is 5.30. The second kappa shape index (κ2) is 10.8. The van der Waals surface area contributed by atoms with Gasteiger partial charge in [0.05, 0.1) is 29.2 Å². The number of methoxy groups -OCH3 is 1. The number of hydrogen-bond acceptors (Lipinski definition) is 7. The highest BCUT2D eigenvalue weighted by Gasteiger charge is 2.40. The molecule has 3 aromatic rings. The monoisotopic (exact) mass is 509 g/mol. The fraction of sp³-hybridized carbons (Fsp3) is 0.154. The quantitative estimate of drug-likeness (QED) is 0.244. The van der Waals surface area contributed by atoms with Gasteiger partial charge < -0.3 is 9.47 Å². The van der Waals surface area contributed by atoms with Gasteiger partial charge >= 0.3 is 5.97 Å². The molecule has 0 bridgehead atoms. The number of halogens is 1. The molecule has 4 rings (SSSR count). The van der Waals surface area contributed by atoms with Gasteiger partial charge in [0.1, 0.15) is 5.75 Å². The van der Waals surface area contributed by atoms with E-state index in [-0.39, 0.29) is 23.8 Å². The molecule has 7 nitrogen and oxygen atoms in total. The van der Waals surface area contributed by atoms with Gasteiger partial charge in [0, 0.05) is 16.3 Å². The van der Waals surface area contributed by atoms with Crippen LogP contribution < -0.4 is 9.64 Å². The highest BCUT2D eigenvalue weighted by atomic mass is 35.5. The zero-order valence-corrected chi connectivity index (χ0v) is 20.2. The first-order valence-electron chi connectivity index (χ1n) is 10.6. The number of ketones is 1. The maximum atomic E-state index is 12.9. The second-order valence-electron chi connectivity index (χ2n) is 7.58. The Hall–Kier alpha value is -3.62. The molecule has 1 fully saturated rings. The van der Waals surface area contributed by atoms with E-state index < -0.39 is 23.6 Å². The lowest BCUT2D eigenvalue weighted by molar-refractivity contribution is -0.121. The van der Waals surface area contributed by atoms with Gasteiger partial charge in [0.25, 0.3) is 0 Å². The van der Waals surface area contributed by atoms with E-state index >= 15 is 0 Å². The summed E-state index contributed by atoms with van der Waals surface area (Å²) < 4.78 is 10.3. The molecule has 2 amide bonds. The summed E-state index contributed by atoms with van der Waals surface area (Å²) in [7, 11) is 1.45. The summed E-state index contributed by atoms with van der Waals surface area (Å²) in [5.41, 5.74) is 0.865. The van der Waals surface area contributed by atoms with Gasteiger partial charge in [0.2, 0.25) is 17.6 Å². The Morgan fingerprint density at radius 2 is 1.69 bits per heavy atom. The van der Waals surface area contributed by atoms with Crippen LogP contribution in [0.5, 0.6) is 5.75 Å². The number of ether oxygens (including phenoxy) is 2. The predicted octanol–water partition coefficient (Wildman–Crippen LogP) is 4.81. The molecule has 0 spiro atoms. The van der Waals surface area contributed by atoms with Crippen molar-refractivity contribution >= 4 is 52.6 Å². The average Bonchev–Trinajstić information content (AvgIpc) is 3.16. The number of thioether (sulfide) groups is 1. The smallest absolute Gasteiger partial charge is 0.338 e.